The van der Waals surface area contributed by atoms with Crippen LogP contribution >= 0.6 is 0 Å². The third-order valence-electron chi connectivity index (χ3n) is 4.40. The average Bonchev–Trinajstić information content (AvgIpc) is 2.65. The first kappa shape index (κ1) is 20.4. The second-order valence-electron chi connectivity index (χ2n) is 6.35. The summed E-state index contributed by atoms with van der Waals surface area (Å²) in [5.41, 5.74) is 4.19. The van der Waals surface area contributed by atoms with E-state index in [0.717, 1.165) is 16.7 Å². The monoisotopic (exact) mass is 369 g/mol. The molecule has 1 atom stereocenters. The third-order valence-corrected chi connectivity index (χ3v) is 4.40. The molecule has 2 rings (SSSR count). The van der Waals surface area contributed by atoms with Crippen molar-refractivity contribution in [2.24, 2.45) is 0 Å². The molecule has 5 nitrogen and oxygen atoms in total. The van der Waals surface area contributed by atoms with E-state index in [9.17, 15) is 4.79 Å². The van der Waals surface area contributed by atoms with Crippen LogP contribution in [0.2, 0.25) is 0 Å². The fourth-order valence-corrected chi connectivity index (χ4v) is 3.07. The first-order valence-electron chi connectivity index (χ1n) is 8.76. The Hall–Kier alpha value is -2.95. The van der Waals surface area contributed by atoms with Crippen molar-refractivity contribution in [1.82, 2.24) is 5.32 Å². The lowest BCUT2D eigenvalue weighted by molar-refractivity contribution is -0.117. The zero-order valence-electron chi connectivity index (χ0n) is 16.8. The van der Waals surface area contributed by atoms with Crippen LogP contribution in [-0.4, -0.2) is 27.2 Å². The van der Waals surface area contributed by atoms with Gasteiger partial charge >= 0.3 is 0 Å². The number of methoxy groups -OCH3 is 3. The molecule has 0 aliphatic carbocycles. The van der Waals surface area contributed by atoms with Crippen molar-refractivity contribution in [3.05, 3.63) is 58.7 Å². The number of hydrogen-bond donors (Lipinski definition) is 1. The van der Waals surface area contributed by atoms with Gasteiger partial charge < -0.3 is 19.5 Å². The first-order chi connectivity index (χ1) is 12.9. The number of benzene rings is 2. The Kier molecular flexibility index (Phi) is 6.88. The van der Waals surface area contributed by atoms with Gasteiger partial charge in [0.05, 0.1) is 27.4 Å². The van der Waals surface area contributed by atoms with Gasteiger partial charge in [0.1, 0.15) is 0 Å². The number of ether oxygens (including phenoxy) is 3. The van der Waals surface area contributed by atoms with E-state index in [4.69, 9.17) is 14.2 Å². The molecule has 2 aromatic rings. The highest BCUT2D eigenvalue weighted by molar-refractivity contribution is 5.92. The van der Waals surface area contributed by atoms with Gasteiger partial charge in [0.2, 0.25) is 11.7 Å². The Morgan fingerprint density at radius 3 is 2.30 bits per heavy atom. The molecule has 0 heterocycles. The molecule has 0 aliphatic rings. The molecule has 1 amide bonds. The fourth-order valence-electron chi connectivity index (χ4n) is 3.07. The maximum absolute atomic E-state index is 12.4. The Balaban J connectivity index is 2.17. The molecule has 0 saturated carbocycles. The third kappa shape index (κ3) is 4.82. The van der Waals surface area contributed by atoms with Crippen LogP contribution in [0.5, 0.6) is 17.2 Å². The van der Waals surface area contributed by atoms with Gasteiger partial charge in [-0.05, 0) is 50.1 Å². The number of carbonyl (C=O) groups is 1. The molecule has 0 unspecified atom stereocenters. The van der Waals surface area contributed by atoms with Gasteiger partial charge in [-0.25, -0.2) is 0 Å². The number of nitrogens with one attached hydrogen (secondary N) is 1. The van der Waals surface area contributed by atoms with E-state index in [2.05, 4.69) is 37.4 Å². The first-order valence-corrected chi connectivity index (χ1v) is 8.76. The molecule has 0 saturated heterocycles. The van der Waals surface area contributed by atoms with Gasteiger partial charge in [-0.1, -0.05) is 23.8 Å². The van der Waals surface area contributed by atoms with Crippen molar-refractivity contribution in [1.29, 1.82) is 0 Å². The van der Waals surface area contributed by atoms with Gasteiger partial charge in [-0.15, -0.1) is 0 Å². The molecule has 0 bridgehead atoms. The summed E-state index contributed by atoms with van der Waals surface area (Å²) in [5.74, 6) is 1.40. The van der Waals surface area contributed by atoms with E-state index in [1.165, 1.54) is 11.6 Å². The summed E-state index contributed by atoms with van der Waals surface area (Å²) in [6.45, 7) is 6.08. The second-order valence-corrected chi connectivity index (χ2v) is 6.35. The Morgan fingerprint density at radius 2 is 1.70 bits per heavy atom. The number of amides is 1. The van der Waals surface area contributed by atoms with Crippen LogP contribution in [0.3, 0.4) is 0 Å². The van der Waals surface area contributed by atoms with Crippen LogP contribution in [-0.2, 0) is 4.79 Å². The summed E-state index contributed by atoms with van der Waals surface area (Å²) in [5, 5.41) is 2.99. The molecule has 0 fully saturated rings. The minimum atomic E-state index is -0.181. The predicted octanol–water partition coefficient (Wildman–Crippen LogP) is 4.22. The average molecular weight is 369 g/mol. The minimum Gasteiger partial charge on any atom is -0.493 e. The predicted molar refractivity (Wildman–Crippen MR) is 108 cm³/mol. The molecule has 0 radical (unpaired) electrons. The molecule has 0 aliphatic heterocycles. The van der Waals surface area contributed by atoms with Crippen molar-refractivity contribution in [2.75, 3.05) is 21.3 Å². The molecular formula is C22H27NO4. The van der Waals surface area contributed by atoms with E-state index in [1.807, 2.05) is 13.0 Å². The van der Waals surface area contributed by atoms with Crippen LogP contribution in [0, 0.1) is 13.8 Å². The van der Waals surface area contributed by atoms with E-state index >= 15 is 0 Å². The summed E-state index contributed by atoms with van der Waals surface area (Å²) < 4.78 is 16.1. The van der Waals surface area contributed by atoms with Crippen LogP contribution in [0.1, 0.15) is 35.2 Å². The Morgan fingerprint density at radius 1 is 1.00 bits per heavy atom. The molecule has 1 N–H and O–H groups in total. The summed E-state index contributed by atoms with van der Waals surface area (Å²) in [7, 11) is 4.66. The molecule has 5 heteroatoms. The van der Waals surface area contributed by atoms with Crippen LogP contribution in [0.25, 0.3) is 6.08 Å². The van der Waals surface area contributed by atoms with E-state index in [0.29, 0.717) is 17.2 Å². The largest absolute Gasteiger partial charge is 0.493 e. The summed E-state index contributed by atoms with van der Waals surface area (Å²) >= 11 is 0. The number of carbonyl (C=O) groups excluding carboxylic acids is 1. The van der Waals surface area contributed by atoms with E-state index in [1.54, 1.807) is 33.5 Å². The van der Waals surface area contributed by atoms with Crippen molar-refractivity contribution >= 4 is 12.0 Å². The van der Waals surface area contributed by atoms with Crippen molar-refractivity contribution < 1.29 is 19.0 Å². The quantitative estimate of drug-likeness (QED) is 0.743. The highest BCUT2D eigenvalue weighted by Crippen LogP contribution is 2.40. The molecule has 0 aromatic heterocycles. The van der Waals surface area contributed by atoms with E-state index < -0.39 is 0 Å². The van der Waals surface area contributed by atoms with Crippen LogP contribution in [0.4, 0.5) is 0 Å². The highest BCUT2D eigenvalue weighted by Gasteiger charge is 2.15. The molecule has 27 heavy (non-hydrogen) atoms. The smallest absolute Gasteiger partial charge is 0.244 e. The van der Waals surface area contributed by atoms with Gasteiger partial charge in [0.15, 0.2) is 11.5 Å². The van der Waals surface area contributed by atoms with Gasteiger partial charge in [0, 0.05) is 11.6 Å². The number of rotatable bonds is 7. The zero-order valence-corrected chi connectivity index (χ0v) is 16.8. The van der Waals surface area contributed by atoms with Crippen LogP contribution in [0.15, 0.2) is 36.4 Å². The van der Waals surface area contributed by atoms with Crippen molar-refractivity contribution in [2.45, 2.75) is 26.8 Å². The lowest BCUT2D eigenvalue weighted by atomic mass is 10.0. The van der Waals surface area contributed by atoms with Crippen molar-refractivity contribution in [3.8, 4) is 17.2 Å². The molecule has 2 aromatic carbocycles. The standard InChI is InChI=1S/C22H27NO4/c1-14-7-10-18(15(2)13-14)16(3)23-20(24)12-9-17-8-11-19(25-4)22(27-6)21(17)26-5/h7-13,16H,1-6H3,(H,23,24)/b12-9+/t16-/m0/s1. The topological polar surface area (TPSA) is 56.8 Å². The zero-order chi connectivity index (χ0) is 20.0. The fraction of sp³-hybridized carbons (Fsp3) is 0.318. The maximum atomic E-state index is 12.4. The second kappa shape index (κ2) is 9.12. The SMILES string of the molecule is COc1ccc(/C=C/C(=O)N[C@@H](C)c2ccc(C)cc2C)c(OC)c1OC. The summed E-state index contributed by atoms with van der Waals surface area (Å²) in [6, 6.07) is 9.72. The van der Waals surface area contributed by atoms with Crippen LogP contribution < -0.4 is 19.5 Å². The van der Waals surface area contributed by atoms with Gasteiger partial charge in [0.25, 0.3) is 0 Å². The summed E-state index contributed by atoms with van der Waals surface area (Å²) in [6.07, 6.45) is 3.19. The Bertz CT molecular complexity index is 842. The molecular weight excluding hydrogens is 342 g/mol. The number of hydrogen-bond acceptors (Lipinski definition) is 4. The highest BCUT2D eigenvalue weighted by atomic mass is 16.5. The van der Waals surface area contributed by atoms with Crippen molar-refractivity contribution in [3.63, 3.8) is 0 Å². The van der Waals surface area contributed by atoms with E-state index in [-0.39, 0.29) is 11.9 Å². The normalized spacial score (nSPS) is 11.9. The summed E-state index contributed by atoms with van der Waals surface area (Å²) in [4.78, 5) is 12.4. The van der Waals surface area contributed by atoms with Gasteiger partial charge in [-0.2, -0.15) is 0 Å². The maximum Gasteiger partial charge on any atom is 0.244 e. The lowest BCUT2D eigenvalue weighted by Gasteiger charge is -2.16. The lowest BCUT2D eigenvalue weighted by Crippen LogP contribution is -2.25. The number of aryl methyl sites for hydroxylation is 2. The van der Waals surface area contributed by atoms with Gasteiger partial charge in [-0.3, -0.25) is 4.79 Å². The molecule has 0 spiro atoms. The Labute approximate surface area is 161 Å². The molecule has 144 valence electrons. The minimum absolute atomic E-state index is 0.0879.